The van der Waals surface area contributed by atoms with Gasteiger partial charge in [0.05, 0.1) is 6.61 Å². The first-order valence-corrected chi connectivity index (χ1v) is 6.96. The molecule has 1 aromatic heterocycles. The molecule has 3 aromatic rings. The molecule has 1 heterocycles. The molecule has 5 heteroatoms. The molecular formula is C16H13NO3S. The zero-order valence-electron chi connectivity index (χ0n) is 11.2. The molecule has 0 saturated heterocycles. The number of hydrogen-bond acceptors (Lipinski definition) is 5. The van der Waals surface area contributed by atoms with Crippen LogP contribution in [-0.4, -0.2) is 16.8 Å². The van der Waals surface area contributed by atoms with E-state index in [-0.39, 0.29) is 11.3 Å². The molecule has 0 N–H and O–H groups in total. The van der Waals surface area contributed by atoms with Gasteiger partial charge in [-0.05, 0) is 17.7 Å². The van der Waals surface area contributed by atoms with Crippen LogP contribution >= 0.6 is 12.2 Å². The van der Waals surface area contributed by atoms with Crippen molar-refractivity contribution >= 4 is 28.6 Å². The van der Waals surface area contributed by atoms with Gasteiger partial charge >= 0.3 is 11.3 Å². The van der Waals surface area contributed by atoms with Crippen molar-refractivity contribution in [3.63, 3.8) is 0 Å². The predicted octanol–water partition coefficient (Wildman–Crippen LogP) is 3.75. The van der Waals surface area contributed by atoms with Gasteiger partial charge in [0.15, 0.2) is 5.58 Å². The lowest BCUT2D eigenvalue weighted by Crippen LogP contribution is -2.12. The summed E-state index contributed by atoms with van der Waals surface area (Å²) in [7, 11) is 0. The van der Waals surface area contributed by atoms with Gasteiger partial charge in [0.25, 0.3) is 0 Å². The second-order valence-electron chi connectivity index (χ2n) is 4.38. The van der Waals surface area contributed by atoms with Crippen LogP contribution in [0.5, 0.6) is 6.08 Å². The number of nitrogens with zero attached hydrogens (tertiary/aromatic N) is 1. The van der Waals surface area contributed by atoms with Gasteiger partial charge in [0.2, 0.25) is 0 Å². The molecule has 106 valence electrons. The number of oxazole rings is 1. The summed E-state index contributed by atoms with van der Waals surface area (Å²) in [5.74, 6) is 0. The molecule has 0 radical (unpaired) electrons. The standard InChI is InChI=1S/C16H13NO3S/c21-16(18-11-10-12-6-2-1-3-7-12)20-15-17-13-8-4-5-9-14(13)19-15/h1-9H,10-11H2. The summed E-state index contributed by atoms with van der Waals surface area (Å²) in [6, 6.07) is 17.4. The highest BCUT2D eigenvalue weighted by molar-refractivity contribution is 7.79. The summed E-state index contributed by atoms with van der Waals surface area (Å²) in [4.78, 5) is 4.16. The number of aromatic nitrogens is 1. The molecule has 2 aromatic carbocycles. The van der Waals surface area contributed by atoms with Gasteiger partial charge < -0.3 is 13.9 Å². The van der Waals surface area contributed by atoms with E-state index < -0.39 is 0 Å². The Morgan fingerprint density at radius 1 is 1.05 bits per heavy atom. The van der Waals surface area contributed by atoms with Crippen LogP contribution in [0.3, 0.4) is 0 Å². The maximum Gasteiger partial charge on any atom is 0.403 e. The second kappa shape index (κ2) is 6.37. The van der Waals surface area contributed by atoms with Crippen molar-refractivity contribution in [1.82, 2.24) is 4.98 Å². The largest absolute Gasteiger partial charge is 0.456 e. The normalized spacial score (nSPS) is 10.5. The lowest BCUT2D eigenvalue weighted by Gasteiger charge is -2.05. The Morgan fingerprint density at radius 3 is 2.62 bits per heavy atom. The zero-order chi connectivity index (χ0) is 14.5. The molecule has 0 fully saturated rings. The van der Waals surface area contributed by atoms with Gasteiger partial charge in [-0.25, -0.2) is 0 Å². The lowest BCUT2D eigenvalue weighted by molar-refractivity contribution is 0.228. The monoisotopic (exact) mass is 299 g/mol. The van der Waals surface area contributed by atoms with Gasteiger partial charge in [-0.1, -0.05) is 42.5 Å². The number of ether oxygens (including phenoxy) is 2. The van der Waals surface area contributed by atoms with Crippen LogP contribution in [-0.2, 0) is 11.2 Å². The Morgan fingerprint density at radius 2 is 1.81 bits per heavy atom. The molecule has 3 rings (SSSR count). The van der Waals surface area contributed by atoms with Gasteiger partial charge in [-0.15, -0.1) is 0 Å². The Kier molecular flexibility index (Phi) is 4.12. The van der Waals surface area contributed by atoms with E-state index in [0.29, 0.717) is 12.2 Å². The number of rotatable bonds is 4. The quantitative estimate of drug-likeness (QED) is 0.686. The molecule has 0 aliphatic rings. The van der Waals surface area contributed by atoms with E-state index in [0.717, 1.165) is 11.9 Å². The van der Waals surface area contributed by atoms with Crippen LogP contribution in [0.1, 0.15) is 5.56 Å². The topological polar surface area (TPSA) is 44.5 Å². The van der Waals surface area contributed by atoms with Crippen molar-refractivity contribution in [2.24, 2.45) is 0 Å². The van der Waals surface area contributed by atoms with Crippen LogP contribution < -0.4 is 4.74 Å². The van der Waals surface area contributed by atoms with Crippen molar-refractivity contribution in [2.75, 3.05) is 6.61 Å². The molecule has 0 bridgehead atoms. The third-order valence-corrected chi connectivity index (χ3v) is 3.10. The Balaban J connectivity index is 1.52. The van der Waals surface area contributed by atoms with Crippen LogP contribution in [0.2, 0.25) is 0 Å². The maximum absolute atomic E-state index is 5.40. The number of fused-ring (bicyclic) bond motifs is 1. The first-order chi connectivity index (χ1) is 10.3. The highest BCUT2D eigenvalue weighted by atomic mass is 32.1. The van der Waals surface area contributed by atoms with Gasteiger partial charge in [-0.2, -0.15) is 4.98 Å². The van der Waals surface area contributed by atoms with E-state index in [1.807, 2.05) is 54.6 Å². The van der Waals surface area contributed by atoms with Crippen molar-refractivity contribution in [2.45, 2.75) is 6.42 Å². The minimum atomic E-state index is 0.0116. The average molecular weight is 299 g/mol. The third-order valence-electron chi connectivity index (χ3n) is 2.90. The minimum absolute atomic E-state index is 0.0116. The fourth-order valence-electron chi connectivity index (χ4n) is 1.89. The number of hydrogen-bond donors (Lipinski definition) is 0. The van der Waals surface area contributed by atoms with Crippen LogP contribution in [0, 0.1) is 0 Å². The van der Waals surface area contributed by atoms with Crippen molar-refractivity contribution < 1.29 is 13.9 Å². The van der Waals surface area contributed by atoms with Gasteiger partial charge in [-0.3, -0.25) is 0 Å². The first-order valence-electron chi connectivity index (χ1n) is 6.55. The van der Waals surface area contributed by atoms with E-state index in [4.69, 9.17) is 26.1 Å². The molecule has 0 atom stereocenters. The van der Waals surface area contributed by atoms with Gasteiger partial charge in [0, 0.05) is 18.6 Å². The lowest BCUT2D eigenvalue weighted by atomic mass is 10.2. The average Bonchev–Trinajstić information content (AvgIpc) is 2.90. The van der Waals surface area contributed by atoms with E-state index in [1.54, 1.807) is 0 Å². The van der Waals surface area contributed by atoms with E-state index in [2.05, 4.69) is 4.98 Å². The summed E-state index contributed by atoms with van der Waals surface area (Å²) in [6.07, 6.45) is 0.860. The molecular weight excluding hydrogens is 286 g/mol. The van der Waals surface area contributed by atoms with Crippen molar-refractivity contribution in [3.8, 4) is 6.08 Å². The SMILES string of the molecule is S=C(OCCc1ccccc1)Oc1nc2ccccc2o1. The fourth-order valence-corrected chi connectivity index (χ4v) is 2.05. The highest BCUT2D eigenvalue weighted by Crippen LogP contribution is 2.20. The Bertz CT molecular complexity index is 706. The molecule has 4 nitrogen and oxygen atoms in total. The maximum atomic E-state index is 5.40. The molecule has 0 aliphatic heterocycles. The van der Waals surface area contributed by atoms with Crippen molar-refractivity contribution in [3.05, 3.63) is 60.2 Å². The van der Waals surface area contributed by atoms with E-state index >= 15 is 0 Å². The summed E-state index contributed by atoms with van der Waals surface area (Å²) in [5, 5.41) is 0.0116. The van der Waals surface area contributed by atoms with Gasteiger partial charge in [0.1, 0.15) is 5.52 Å². The molecule has 0 aliphatic carbocycles. The molecule has 21 heavy (non-hydrogen) atoms. The van der Waals surface area contributed by atoms with E-state index in [9.17, 15) is 0 Å². The predicted molar refractivity (Wildman–Crippen MR) is 83.3 cm³/mol. The molecule has 0 saturated carbocycles. The van der Waals surface area contributed by atoms with Crippen molar-refractivity contribution in [1.29, 1.82) is 0 Å². The smallest absolute Gasteiger partial charge is 0.403 e. The van der Waals surface area contributed by atoms with Crippen LogP contribution in [0.25, 0.3) is 11.1 Å². The number of benzene rings is 2. The first kappa shape index (κ1) is 13.6. The minimum Gasteiger partial charge on any atom is -0.456 e. The molecule has 0 spiro atoms. The Labute approximate surface area is 127 Å². The summed E-state index contributed by atoms with van der Waals surface area (Å²) >= 11 is 5.01. The van der Waals surface area contributed by atoms with E-state index in [1.165, 1.54) is 5.56 Å². The number of para-hydroxylation sites is 2. The van der Waals surface area contributed by atoms with Crippen LogP contribution in [0.15, 0.2) is 59.0 Å². The highest BCUT2D eigenvalue weighted by Gasteiger charge is 2.09. The third kappa shape index (κ3) is 3.58. The molecule has 0 amide bonds. The summed E-state index contributed by atoms with van der Waals surface area (Å²) in [6.45, 7) is 0.447. The fraction of sp³-hybridized carbons (Fsp3) is 0.125. The molecule has 0 unspecified atom stereocenters. The summed E-state index contributed by atoms with van der Waals surface area (Å²) in [5.41, 5.74) is 2.56. The zero-order valence-corrected chi connectivity index (χ0v) is 12.0. The summed E-state index contributed by atoms with van der Waals surface area (Å²) < 4.78 is 16.0. The second-order valence-corrected chi connectivity index (χ2v) is 4.72. The number of thiocarbonyl (C=S) groups is 1. The van der Waals surface area contributed by atoms with Crippen LogP contribution in [0.4, 0.5) is 0 Å². The Hall–Kier alpha value is -2.40.